The molecule has 182 valence electrons. The van der Waals surface area contributed by atoms with Crippen molar-refractivity contribution in [2.75, 3.05) is 19.7 Å². The first-order valence-corrected chi connectivity index (χ1v) is 11.8. The monoisotopic (exact) mass is 468 g/mol. The maximum absolute atomic E-state index is 12.6. The lowest BCUT2D eigenvalue weighted by Gasteiger charge is -2.21. The molecule has 0 spiro atoms. The van der Waals surface area contributed by atoms with E-state index in [1.165, 1.54) is 4.90 Å². The number of hydrogen-bond acceptors (Lipinski definition) is 6. The molecule has 0 radical (unpaired) electrons. The fourth-order valence-electron chi connectivity index (χ4n) is 4.71. The smallest absolute Gasteiger partial charge is 0.415 e. The van der Waals surface area contributed by atoms with E-state index in [0.29, 0.717) is 25.3 Å². The van der Waals surface area contributed by atoms with E-state index in [9.17, 15) is 14.7 Å². The van der Waals surface area contributed by atoms with E-state index < -0.39 is 18.0 Å². The molecule has 4 rings (SSSR count). The molecule has 3 aliphatic rings. The van der Waals surface area contributed by atoms with Crippen molar-refractivity contribution < 1.29 is 28.9 Å². The molecule has 8 heteroatoms. The van der Waals surface area contributed by atoms with Crippen LogP contribution in [0.5, 0.6) is 5.75 Å². The highest BCUT2D eigenvalue weighted by molar-refractivity contribution is 5.75. The van der Waals surface area contributed by atoms with Gasteiger partial charge in [-0.2, -0.15) is 0 Å². The van der Waals surface area contributed by atoms with E-state index in [4.69, 9.17) is 14.2 Å². The van der Waals surface area contributed by atoms with Crippen LogP contribution in [0.3, 0.4) is 0 Å². The van der Waals surface area contributed by atoms with E-state index in [2.05, 4.69) is 17.5 Å². The molecule has 2 unspecified atom stereocenters. The standard InChI is InChI=1S/C26H32N2O6/c1-17-24(27-18(2)33-17)11-12-32-22-10-6-7-19(14-22)13-20-15-28(16-23(20)25(29)30)26(31)34-21-8-4-3-5-9-21/h3-9,14,18,20,22-23,27H,10-13,15-16H2,1-2H3,(H,29,30)/t18?,20-,22?,23+/m0/s1. The molecule has 0 aromatic heterocycles. The molecular formula is C26H32N2O6. The van der Waals surface area contributed by atoms with Crippen LogP contribution in [-0.4, -0.2) is 54.1 Å². The van der Waals surface area contributed by atoms with Crippen LogP contribution in [0.2, 0.25) is 0 Å². The fourth-order valence-corrected chi connectivity index (χ4v) is 4.71. The van der Waals surface area contributed by atoms with Gasteiger partial charge in [0.05, 0.1) is 24.3 Å². The molecule has 1 aromatic rings. The van der Waals surface area contributed by atoms with Crippen LogP contribution in [0.4, 0.5) is 4.79 Å². The summed E-state index contributed by atoms with van der Waals surface area (Å²) < 4.78 is 17.1. The van der Waals surface area contributed by atoms with E-state index in [1.54, 1.807) is 24.3 Å². The summed E-state index contributed by atoms with van der Waals surface area (Å²) in [5.74, 6) is -0.362. The van der Waals surface area contributed by atoms with E-state index in [1.807, 2.05) is 26.0 Å². The molecule has 4 atom stereocenters. The Hall–Kier alpha value is -3.26. The van der Waals surface area contributed by atoms with Crippen LogP contribution >= 0.6 is 0 Å². The molecule has 2 N–H and O–H groups in total. The lowest BCUT2D eigenvalue weighted by atomic mass is 9.87. The van der Waals surface area contributed by atoms with Crippen LogP contribution in [0.15, 0.2) is 65.6 Å². The van der Waals surface area contributed by atoms with Gasteiger partial charge in [-0.1, -0.05) is 36.4 Å². The second-order valence-electron chi connectivity index (χ2n) is 8.97. The number of likely N-dealkylation sites (tertiary alicyclic amines) is 1. The summed E-state index contributed by atoms with van der Waals surface area (Å²) in [4.78, 5) is 26.0. The number of para-hydroxylation sites is 1. The van der Waals surface area contributed by atoms with Crippen LogP contribution < -0.4 is 10.1 Å². The Bertz CT molecular complexity index is 986. The summed E-state index contributed by atoms with van der Waals surface area (Å²) in [6, 6.07) is 8.81. The van der Waals surface area contributed by atoms with Gasteiger partial charge in [0.1, 0.15) is 11.5 Å². The van der Waals surface area contributed by atoms with Crippen molar-refractivity contribution in [2.24, 2.45) is 11.8 Å². The van der Waals surface area contributed by atoms with Crippen molar-refractivity contribution in [1.82, 2.24) is 10.2 Å². The van der Waals surface area contributed by atoms with Gasteiger partial charge in [-0.15, -0.1) is 0 Å². The van der Waals surface area contributed by atoms with Crippen molar-refractivity contribution in [2.45, 2.75) is 45.4 Å². The number of benzene rings is 1. The first kappa shape index (κ1) is 23.9. The largest absolute Gasteiger partial charge is 0.481 e. The number of carboxylic acids is 1. The summed E-state index contributed by atoms with van der Waals surface area (Å²) in [7, 11) is 0. The Morgan fingerprint density at radius 2 is 2.03 bits per heavy atom. The predicted octanol–water partition coefficient (Wildman–Crippen LogP) is 4.07. The third-order valence-corrected chi connectivity index (χ3v) is 6.40. The molecule has 1 aromatic carbocycles. The second kappa shape index (κ2) is 10.8. The number of hydrogen-bond donors (Lipinski definition) is 2. The van der Waals surface area contributed by atoms with E-state index >= 15 is 0 Å². The number of allylic oxidation sites excluding steroid dienone is 3. The zero-order valence-corrected chi connectivity index (χ0v) is 19.6. The first-order valence-electron chi connectivity index (χ1n) is 11.8. The Labute approximate surface area is 199 Å². The third kappa shape index (κ3) is 5.99. The summed E-state index contributed by atoms with van der Waals surface area (Å²) in [5.41, 5.74) is 2.11. The Morgan fingerprint density at radius 3 is 2.74 bits per heavy atom. The van der Waals surface area contributed by atoms with Gasteiger partial charge in [0, 0.05) is 19.5 Å². The van der Waals surface area contributed by atoms with Gasteiger partial charge in [-0.3, -0.25) is 4.79 Å². The van der Waals surface area contributed by atoms with Crippen LogP contribution in [0, 0.1) is 11.8 Å². The molecule has 2 aliphatic heterocycles. The van der Waals surface area contributed by atoms with Crippen molar-refractivity contribution in [3.05, 3.63) is 65.6 Å². The Morgan fingerprint density at radius 1 is 1.24 bits per heavy atom. The number of nitrogens with zero attached hydrogens (tertiary/aromatic N) is 1. The van der Waals surface area contributed by atoms with Gasteiger partial charge in [-0.05, 0) is 50.3 Å². The summed E-state index contributed by atoms with van der Waals surface area (Å²) >= 11 is 0. The van der Waals surface area contributed by atoms with Crippen LogP contribution in [0.1, 0.15) is 33.1 Å². The number of amides is 1. The van der Waals surface area contributed by atoms with Crippen molar-refractivity contribution in [1.29, 1.82) is 0 Å². The Balaban J connectivity index is 1.32. The fraction of sp³-hybridized carbons (Fsp3) is 0.462. The minimum Gasteiger partial charge on any atom is -0.481 e. The lowest BCUT2D eigenvalue weighted by molar-refractivity contribution is -0.142. The third-order valence-electron chi connectivity index (χ3n) is 6.40. The van der Waals surface area contributed by atoms with Gasteiger partial charge >= 0.3 is 12.1 Å². The average Bonchev–Trinajstić information content (AvgIpc) is 3.37. The normalized spacial score (nSPS) is 26.2. The maximum Gasteiger partial charge on any atom is 0.415 e. The number of aliphatic carboxylic acids is 1. The SMILES string of the molecule is CC1=C(CCOC2C=C(C[C@H]3CN(C(=O)Oc4ccccc4)C[C@H]3C(=O)O)C=CC2)NC(C)O1. The van der Waals surface area contributed by atoms with Crippen LogP contribution in [0.25, 0.3) is 0 Å². The number of ether oxygens (including phenoxy) is 3. The topological polar surface area (TPSA) is 97.3 Å². The molecule has 2 heterocycles. The number of carbonyl (C=O) groups excluding carboxylic acids is 1. The Kier molecular flexibility index (Phi) is 7.57. The van der Waals surface area contributed by atoms with Crippen molar-refractivity contribution >= 4 is 12.1 Å². The van der Waals surface area contributed by atoms with E-state index in [0.717, 1.165) is 29.9 Å². The highest BCUT2D eigenvalue weighted by atomic mass is 16.6. The second-order valence-corrected chi connectivity index (χ2v) is 8.97. The maximum atomic E-state index is 12.6. The average molecular weight is 469 g/mol. The predicted molar refractivity (Wildman–Crippen MR) is 126 cm³/mol. The summed E-state index contributed by atoms with van der Waals surface area (Å²) in [6.07, 6.45) is 7.71. The molecule has 34 heavy (non-hydrogen) atoms. The lowest BCUT2D eigenvalue weighted by Crippen LogP contribution is -2.32. The molecule has 8 nitrogen and oxygen atoms in total. The molecular weight excluding hydrogens is 436 g/mol. The number of carbonyl (C=O) groups is 2. The minimum absolute atomic E-state index is 0.00255. The zero-order valence-electron chi connectivity index (χ0n) is 19.6. The summed E-state index contributed by atoms with van der Waals surface area (Å²) in [6.45, 7) is 4.97. The van der Waals surface area contributed by atoms with Gasteiger partial charge in [-0.25, -0.2) is 4.79 Å². The minimum atomic E-state index is -0.891. The van der Waals surface area contributed by atoms with E-state index in [-0.39, 0.29) is 24.8 Å². The summed E-state index contributed by atoms with van der Waals surface area (Å²) in [5, 5.41) is 13.0. The van der Waals surface area contributed by atoms with Gasteiger partial charge in [0.15, 0.2) is 6.23 Å². The highest BCUT2D eigenvalue weighted by Crippen LogP contribution is 2.32. The zero-order chi connectivity index (χ0) is 24.1. The number of nitrogens with one attached hydrogen (secondary N) is 1. The van der Waals surface area contributed by atoms with Crippen molar-refractivity contribution in [3.8, 4) is 5.75 Å². The van der Waals surface area contributed by atoms with Gasteiger partial charge in [0.25, 0.3) is 0 Å². The molecule has 1 saturated heterocycles. The highest BCUT2D eigenvalue weighted by Gasteiger charge is 2.40. The molecule has 1 amide bonds. The molecule has 0 bridgehead atoms. The van der Waals surface area contributed by atoms with Crippen LogP contribution in [-0.2, 0) is 14.3 Å². The quantitative estimate of drug-likeness (QED) is 0.594. The first-order chi connectivity index (χ1) is 16.4. The molecule has 1 fully saturated rings. The number of rotatable bonds is 8. The molecule has 0 saturated carbocycles. The van der Waals surface area contributed by atoms with Crippen molar-refractivity contribution in [3.63, 3.8) is 0 Å². The number of carboxylic acid groups (broad SMARTS) is 1. The molecule has 1 aliphatic carbocycles. The van der Waals surface area contributed by atoms with Gasteiger partial charge < -0.3 is 29.5 Å². The van der Waals surface area contributed by atoms with Gasteiger partial charge in [0.2, 0.25) is 0 Å².